The molecule has 638 valence electrons. The summed E-state index contributed by atoms with van der Waals surface area (Å²) in [6, 6.07) is 19.1. The minimum atomic E-state index is -3.18. The van der Waals surface area contributed by atoms with Crippen molar-refractivity contribution in [1.29, 1.82) is 0 Å². The van der Waals surface area contributed by atoms with Crippen molar-refractivity contribution in [2.45, 2.75) is 147 Å². The van der Waals surface area contributed by atoms with Crippen molar-refractivity contribution in [3.63, 3.8) is 0 Å². The van der Waals surface area contributed by atoms with Gasteiger partial charge in [-0.1, -0.05) is 106 Å². The van der Waals surface area contributed by atoms with Crippen LogP contribution in [0, 0.1) is 23.3 Å². The second-order valence-electron chi connectivity index (χ2n) is 29.7. The second kappa shape index (κ2) is 39.4. The molecule has 5 atom stereocenters. The first-order valence-electron chi connectivity index (χ1n) is 38.9. The predicted octanol–water partition coefficient (Wildman–Crippen LogP) is 21.8. The van der Waals surface area contributed by atoms with Crippen molar-refractivity contribution in [1.82, 2.24) is 68.7 Å². The van der Waals surface area contributed by atoms with E-state index >= 15 is 0 Å². The van der Waals surface area contributed by atoms with E-state index in [1.54, 1.807) is 95.3 Å². The van der Waals surface area contributed by atoms with E-state index in [9.17, 15) is 26.0 Å². The van der Waals surface area contributed by atoms with Crippen LogP contribution in [0.2, 0.25) is 40.2 Å². The summed E-state index contributed by atoms with van der Waals surface area (Å²) in [6.45, 7) is 9.76. The fourth-order valence-corrected chi connectivity index (χ4v) is 18.1. The number of halogens is 12. The summed E-state index contributed by atoms with van der Waals surface area (Å²) < 4.78 is 112. The van der Waals surface area contributed by atoms with E-state index in [1.807, 2.05) is 49.7 Å². The van der Waals surface area contributed by atoms with Crippen LogP contribution in [0.15, 0.2) is 147 Å². The molecule has 37 heteroatoms. The van der Waals surface area contributed by atoms with Crippen LogP contribution in [0.3, 0.4) is 0 Å². The maximum Gasteiger partial charge on any atom is 0.211 e. The molecular formula is C84H86Cl8F4N18O6S. The molecule has 4 aliphatic rings. The molecule has 12 aromatic rings. The number of hydrogen-bond donors (Lipinski definition) is 5. The number of aromatic nitrogens is 12. The third kappa shape index (κ3) is 21.3. The lowest BCUT2D eigenvalue weighted by Crippen LogP contribution is -2.38. The molecule has 121 heavy (non-hydrogen) atoms. The van der Waals surface area contributed by atoms with Crippen molar-refractivity contribution in [2.24, 2.45) is 0 Å². The quantitative estimate of drug-likeness (QED) is 0.0330. The number of rotatable bonds is 21. The number of piperidine rings is 2. The predicted molar refractivity (Wildman–Crippen MR) is 468 cm³/mol. The average molecular weight is 1840 g/mol. The molecule has 5 unspecified atom stereocenters. The maximum atomic E-state index is 13.9. The number of ether oxygens (including phenoxy) is 4. The molecule has 4 aromatic carbocycles. The minimum absolute atomic E-state index is 0.0643. The molecule has 4 fully saturated rings. The number of anilines is 4. The Balaban J connectivity index is 0.000000140. The first-order chi connectivity index (χ1) is 57.8. The molecule has 10 heterocycles. The number of pyridine rings is 4. The summed E-state index contributed by atoms with van der Waals surface area (Å²) in [5.74, 6) is -0.00422. The first kappa shape index (κ1) is 89.4. The summed E-state index contributed by atoms with van der Waals surface area (Å²) in [6.07, 6.45) is 32.3. The number of sulfonamides is 1. The molecule has 2 saturated carbocycles. The highest BCUT2D eigenvalue weighted by atomic mass is 35.5. The molecule has 16 rings (SSSR count). The maximum absolute atomic E-state index is 13.9. The lowest BCUT2D eigenvalue weighted by molar-refractivity contribution is 0.227. The number of nitrogen functional groups attached to an aromatic ring is 4. The zero-order chi connectivity index (χ0) is 86.3. The van der Waals surface area contributed by atoms with E-state index in [0.29, 0.717) is 104 Å². The molecule has 0 radical (unpaired) electrons. The van der Waals surface area contributed by atoms with Gasteiger partial charge in [0.2, 0.25) is 10.0 Å². The van der Waals surface area contributed by atoms with E-state index < -0.39 is 57.7 Å². The Hall–Kier alpha value is -9.37. The van der Waals surface area contributed by atoms with Crippen LogP contribution in [-0.2, 0) is 10.0 Å². The van der Waals surface area contributed by atoms with E-state index in [0.717, 1.165) is 96.1 Å². The molecule has 2 aliphatic heterocycles. The van der Waals surface area contributed by atoms with Gasteiger partial charge in [-0.3, -0.25) is 18.7 Å². The Labute approximate surface area is 737 Å². The van der Waals surface area contributed by atoms with Crippen LogP contribution in [0.4, 0.5) is 40.8 Å². The Bertz CT molecular complexity index is 5810. The largest absolute Gasteiger partial charge is 0.482 e. The molecule has 0 amide bonds. The monoisotopic (exact) mass is 1830 g/mol. The Morgan fingerprint density at radius 1 is 0.380 bits per heavy atom. The van der Waals surface area contributed by atoms with E-state index in [1.165, 1.54) is 78.4 Å². The summed E-state index contributed by atoms with van der Waals surface area (Å²) in [7, 11) is -3.18. The van der Waals surface area contributed by atoms with Gasteiger partial charge in [-0.15, -0.1) is 0 Å². The molecule has 2 saturated heterocycles. The average Bonchev–Trinajstić information content (AvgIpc) is 1.80. The highest BCUT2D eigenvalue weighted by Gasteiger charge is 2.30. The van der Waals surface area contributed by atoms with Crippen molar-refractivity contribution >= 4 is 126 Å². The van der Waals surface area contributed by atoms with Gasteiger partial charge in [0.15, 0.2) is 46.3 Å². The van der Waals surface area contributed by atoms with Gasteiger partial charge in [0.05, 0.1) is 75.3 Å². The van der Waals surface area contributed by atoms with Crippen LogP contribution >= 0.6 is 92.8 Å². The first-order valence-corrected chi connectivity index (χ1v) is 43.8. The highest BCUT2D eigenvalue weighted by Crippen LogP contribution is 2.44. The van der Waals surface area contributed by atoms with E-state index in [-0.39, 0.29) is 54.4 Å². The number of nitrogens with zero attached hydrogens (tertiary/aromatic N) is 13. The zero-order valence-electron chi connectivity index (χ0n) is 66.1. The van der Waals surface area contributed by atoms with Crippen LogP contribution < -0.4 is 47.2 Å². The molecule has 0 spiro atoms. The second-order valence-corrected chi connectivity index (χ2v) is 34.9. The van der Waals surface area contributed by atoms with Crippen molar-refractivity contribution in [3.05, 3.63) is 233 Å². The summed E-state index contributed by atoms with van der Waals surface area (Å²) >= 11 is 49.2. The summed E-state index contributed by atoms with van der Waals surface area (Å²) in [4.78, 5) is 17.0. The topological polar surface area (TPSA) is 313 Å². The van der Waals surface area contributed by atoms with Crippen LogP contribution in [-0.4, -0.2) is 104 Å². The van der Waals surface area contributed by atoms with Gasteiger partial charge < -0.3 is 47.2 Å². The Morgan fingerprint density at radius 3 is 0.901 bits per heavy atom. The summed E-state index contributed by atoms with van der Waals surface area (Å²) in [5, 5.41) is 22.3. The van der Waals surface area contributed by atoms with Gasteiger partial charge in [0, 0.05) is 156 Å². The van der Waals surface area contributed by atoms with E-state index in [2.05, 4.69) is 45.6 Å². The van der Waals surface area contributed by atoms with Gasteiger partial charge >= 0.3 is 0 Å². The minimum Gasteiger partial charge on any atom is -0.482 e. The fraction of sp³-hybridized carbons (Fsp3) is 0.333. The van der Waals surface area contributed by atoms with Crippen LogP contribution in [0.1, 0.15) is 169 Å². The smallest absolute Gasteiger partial charge is 0.211 e. The Kier molecular flexibility index (Phi) is 29.1. The molecule has 8 aromatic heterocycles. The third-order valence-electron chi connectivity index (χ3n) is 21.5. The SMILES string of the molecule is CC(Oc1cc(-c2cnn(C3CCC3)c2)cnc1N)c1c(Cl)ccc(F)c1Cl.CC(Oc1cc(-c2cnn(C3CCCC3)c2)cnc1N)c1c(Cl)ccc(F)c1Cl.CC(Oc1cc(-c2cnn(C3CCCNC3)c2)cnc1N)c1c(Cl)ccc(F)c1Cl.CC(Oc1cc(-c2cnn(C3CCN(S(C)(=O)=O)CC3)c2)cnc1N)c1c(Cl)ccc(F)c1Cl. The number of hydrogen-bond acceptors (Lipinski definition) is 19. The van der Waals surface area contributed by atoms with Gasteiger partial charge in [0.25, 0.3) is 0 Å². The summed E-state index contributed by atoms with van der Waals surface area (Å²) in [5.41, 5.74) is 32.2. The molecule has 2 aliphatic carbocycles. The lowest BCUT2D eigenvalue weighted by Gasteiger charge is -2.30. The molecule has 0 bridgehead atoms. The van der Waals surface area contributed by atoms with Gasteiger partial charge in [0.1, 0.15) is 47.7 Å². The van der Waals surface area contributed by atoms with Crippen LogP contribution in [0.5, 0.6) is 23.0 Å². The zero-order valence-corrected chi connectivity index (χ0v) is 73.0. The standard InChI is InChI=1S/C22H24Cl2FN5O3S.C21H22Cl2FN5O.C21H21Cl2FN4O.C20H19Cl2FN4O/c1-13(20-17(23)3-4-18(25)21(20)24)33-19-9-14(10-27-22(19)26)15-11-28-30(12-15)16-5-7-29(8-6-16)34(2,31)32;1-12(19-16(22)4-5-17(24)20(19)23)30-18-7-13(8-27-21(18)25)14-9-28-29(11-14)15-3-2-6-26-10-15;1-12(19-16(22)6-7-17(24)20(19)23)29-18-8-13(9-26-21(18)25)14-10-27-28(11-14)15-4-2-3-5-15;1-11(18-15(21)5-6-16(23)19(18)22)28-17-7-12(8-25-20(17)24)13-9-26-27(10-13)14-3-2-4-14/h3-4,9-13,16H,5-8H2,1-2H3,(H2,26,27);4-5,7-9,11-12,15,26H,2-3,6,10H2,1H3,(H2,25,27);6-12,15H,2-5H2,1H3,(H2,25,26);5-11,14H,2-4H2,1H3,(H2,24,25). The van der Waals surface area contributed by atoms with Crippen LogP contribution in [0.25, 0.3) is 44.5 Å². The van der Waals surface area contributed by atoms with E-state index in [4.69, 9.17) is 135 Å². The molecule has 24 nitrogen and oxygen atoms in total. The fourth-order valence-electron chi connectivity index (χ4n) is 14.6. The van der Waals surface area contributed by atoms with Gasteiger partial charge in [-0.05, 0) is 165 Å². The lowest BCUT2D eigenvalue weighted by atomic mass is 9.93. The molecular weight excluding hydrogens is 1750 g/mol. The van der Waals surface area contributed by atoms with Crippen molar-refractivity contribution < 1.29 is 44.9 Å². The Morgan fingerprint density at radius 2 is 0.645 bits per heavy atom. The number of nitrogens with two attached hydrogens (primary N) is 4. The van der Waals surface area contributed by atoms with Crippen molar-refractivity contribution in [2.75, 3.05) is 55.4 Å². The molecule has 9 N–H and O–H groups in total. The number of nitrogens with one attached hydrogen (secondary N) is 1. The van der Waals surface area contributed by atoms with Gasteiger partial charge in [-0.2, -0.15) is 20.4 Å². The normalized spacial score (nSPS) is 16.3. The number of benzene rings is 4. The third-order valence-corrected chi connectivity index (χ3v) is 25.6. The highest BCUT2D eigenvalue weighted by molar-refractivity contribution is 7.88. The van der Waals surface area contributed by atoms with Crippen molar-refractivity contribution in [3.8, 4) is 67.5 Å². The van der Waals surface area contributed by atoms with Gasteiger partial charge in [-0.25, -0.2) is 50.2 Å².